The van der Waals surface area contributed by atoms with E-state index in [0.717, 1.165) is 12.2 Å². The lowest BCUT2D eigenvalue weighted by Crippen LogP contribution is -2.18. The number of rotatable bonds is 14. The zero-order valence-corrected chi connectivity index (χ0v) is 16.9. The first-order valence-corrected chi connectivity index (χ1v) is 10.1. The Bertz CT molecular complexity index is 519. The number of aryl methyl sites for hydroxylation is 1. The van der Waals surface area contributed by atoms with Gasteiger partial charge in [0, 0.05) is 11.5 Å². The van der Waals surface area contributed by atoms with E-state index in [0.29, 0.717) is 18.8 Å². The first kappa shape index (κ1) is 22.3. The van der Waals surface area contributed by atoms with Crippen molar-refractivity contribution in [3.8, 4) is 5.75 Å². The van der Waals surface area contributed by atoms with Crippen molar-refractivity contribution >= 4 is 5.97 Å². The molecule has 1 aromatic carbocycles. The highest BCUT2D eigenvalue weighted by Crippen LogP contribution is 2.16. The van der Waals surface area contributed by atoms with Crippen LogP contribution in [0.3, 0.4) is 0 Å². The molecule has 0 bridgehead atoms. The van der Waals surface area contributed by atoms with E-state index in [1.165, 1.54) is 50.5 Å². The molecule has 1 aromatic rings. The van der Waals surface area contributed by atoms with Gasteiger partial charge in [0.05, 0.1) is 13.2 Å². The number of unbranched alkanes of at least 4 members (excludes halogenated alkanes) is 6. The topological polar surface area (TPSA) is 35.5 Å². The standard InChI is InChI=1S/C23H36O3/c1-5-6-7-8-9-10-11-12-21-13-15-22(16-14-21)25-17-20(4)18-26-23(24)19(2)3/h13-16,20H,2,5-12,17-18H2,1,3-4H3. The summed E-state index contributed by atoms with van der Waals surface area (Å²) in [5, 5.41) is 0. The maximum absolute atomic E-state index is 11.4. The quantitative estimate of drug-likeness (QED) is 0.228. The van der Waals surface area contributed by atoms with Gasteiger partial charge < -0.3 is 9.47 Å². The van der Waals surface area contributed by atoms with Crippen LogP contribution in [0, 0.1) is 5.92 Å². The number of carbonyl (C=O) groups excluding carboxylic acids is 1. The summed E-state index contributed by atoms with van der Waals surface area (Å²) in [6, 6.07) is 8.36. The van der Waals surface area contributed by atoms with E-state index < -0.39 is 0 Å². The van der Waals surface area contributed by atoms with E-state index in [4.69, 9.17) is 9.47 Å². The first-order chi connectivity index (χ1) is 12.5. The van der Waals surface area contributed by atoms with Crippen molar-refractivity contribution < 1.29 is 14.3 Å². The fourth-order valence-corrected chi connectivity index (χ4v) is 2.67. The van der Waals surface area contributed by atoms with E-state index in [-0.39, 0.29) is 11.9 Å². The molecular formula is C23H36O3. The van der Waals surface area contributed by atoms with Crippen LogP contribution in [0.5, 0.6) is 5.75 Å². The molecular weight excluding hydrogens is 324 g/mol. The van der Waals surface area contributed by atoms with Crippen molar-refractivity contribution in [1.29, 1.82) is 0 Å². The summed E-state index contributed by atoms with van der Waals surface area (Å²) in [7, 11) is 0. The van der Waals surface area contributed by atoms with Crippen LogP contribution in [0.15, 0.2) is 36.4 Å². The van der Waals surface area contributed by atoms with Crippen LogP contribution in [-0.4, -0.2) is 19.2 Å². The average Bonchev–Trinajstić information content (AvgIpc) is 2.64. The van der Waals surface area contributed by atoms with Gasteiger partial charge in [-0.2, -0.15) is 0 Å². The van der Waals surface area contributed by atoms with E-state index >= 15 is 0 Å². The molecule has 0 fully saturated rings. The third-order valence-electron chi connectivity index (χ3n) is 4.37. The molecule has 0 saturated carbocycles. The monoisotopic (exact) mass is 360 g/mol. The highest BCUT2D eigenvalue weighted by Gasteiger charge is 2.08. The van der Waals surface area contributed by atoms with Gasteiger partial charge in [0.1, 0.15) is 5.75 Å². The fourth-order valence-electron chi connectivity index (χ4n) is 2.67. The van der Waals surface area contributed by atoms with Gasteiger partial charge in [0.2, 0.25) is 0 Å². The Morgan fingerprint density at radius 1 is 1.00 bits per heavy atom. The fraction of sp³-hybridized carbons (Fsp3) is 0.609. The molecule has 3 nitrogen and oxygen atoms in total. The molecule has 0 saturated heterocycles. The molecule has 26 heavy (non-hydrogen) atoms. The Kier molecular flexibility index (Phi) is 11.5. The van der Waals surface area contributed by atoms with Gasteiger partial charge in [-0.1, -0.05) is 71.1 Å². The predicted octanol–water partition coefficient (Wildman–Crippen LogP) is 6.11. The van der Waals surface area contributed by atoms with Crippen LogP contribution in [0.2, 0.25) is 0 Å². The molecule has 0 aliphatic rings. The van der Waals surface area contributed by atoms with Crippen molar-refractivity contribution in [1.82, 2.24) is 0 Å². The van der Waals surface area contributed by atoms with Crippen molar-refractivity contribution in [2.24, 2.45) is 5.92 Å². The number of hydrogen-bond donors (Lipinski definition) is 0. The molecule has 3 heteroatoms. The van der Waals surface area contributed by atoms with Crippen molar-refractivity contribution in [3.63, 3.8) is 0 Å². The second-order valence-electron chi connectivity index (χ2n) is 7.31. The maximum Gasteiger partial charge on any atom is 0.333 e. The number of ether oxygens (including phenoxy) is 2. The highest BCUT2D eigenvalue weighted by molar-refractivity contribution is 5.86. The average molecular weight is 361 g/mol. The lowest BCUT2D eigenvalue weighted by Gasteiger charge is -2.14. The smallest absolute Gasteiger partial charge is 0.333 e. The molecule has 0 N–H and O–H groups in total. The molecule has 0 spiro atoms. The molecule has 0 radical (unpaired) electrons. The Labute approximate surface area is 159 Å². The Hall–Kier alpha value is -1.77. The number of esters is 1. The number of benzene rings is 1. The molecule has 0 aliphatic carbocycles. The number of carbonyl (C=O) groups is 1. The van der Waals surface area contributed by atoms with Gasteiger partial charge >= 0.3 is 5.97 Å². The molecule has 0 aliphatic heterocycles. The molecule has 0 aromatic heterocycles. The summed E-state index contributed by atoms with van der Waals surface area (Å²) in [5.74, 6) is 0.670. The molecule has 1 rings (SSSR count). The minimum atomic E-state index is -0.341. The van der Waals surface area contributed by atoms with E-state index in [1.807, 2.05) is 19.1 Å². The molecule has 1 unspecified atom stereocenters. The minimum absolute atomic E-state index is 0.144. The van der Waals surface area contributed by atoms with Crippen molar-refractivity contribution in [2.75, 3.05) is 13.2 Å². The Morgan fingerprint density at radius 2 is 1.62 bits per heavy atom. The van der Waals surface area contributed by atoms with Crippen LogP contribution in [0.25, 0.3) is 0 Å². The van der Waals surface area contributed by atoms with E-state index in [9.17, 15) is 4.79 Å². The SMILES string of the molecule is C=C(C)C(=O)OCC(C)COc1ccc(CCCCCCCCC)cc1. The Morgan fingerprint density at radius 3 is 2.23 bits per heavy atom. The zero-order chi connectivity index (χ0) is 19.2. The molecule has 1 atom stereocenters. The van der Waals surface area contributed by atoms with Crippen LogP contribution < -0.4 is 4.74 Å². The summed E-state index contributed by atoms with van der Waals surface area (Å²) in [6.45, 7) is 10.4. The van der Waals surface area contributed by atoms with Crippen molar-refractivity contribution in [2.45, 2.75) is 72.1 Å². The molecule has 146 valence electrons. The van der Waals surface area contributed by atoms with Gasteiger partial charge in [0.15, 0.2) is 0 Å². The first-order valence-electron chi connectivity index (χ1n) is 10.1. The molecule has 0 amide bonds. The van der Waals surface area contributed by atoms with E-state index in [1.54, 1.807) is 6.92 Å². The highest BCUT2D eigenvalue weighted by atomic mass is 16.5. The van der Waals surface area contributed by atoms with E-state index in [2.05, 4.69) is 25.6 Å². The second kappa shape index (κ2) is 13.4. The summed E-state index contributed by atoms with van der Waals surface area (Å²) in [5.41, 5.74) is 1.80. The summed E-state index contributed by atoms with van der Waals surface area (Å²) < 4.78 is 10.9. The summed E-state index contributed by atoms with van der Waals surface area (Å²) in [4.78, 5) is 11.4. The second-order valence-corrected chi connectivity index (χ2v) is 7.31. The third-order valence-corrected chi connectivity index (χ3v) is 4.37. The van der Waals surface area contributed by atoms with Gasteiger partial charge in [-0.15, -0.1) is 0 Å². The maximum atomic E-state index is 11.4. The zero-order valence-electron chi connectivity index (χ0n) is 16.9. The predicted molar refractivity (Wildman–Crippen MR) is 109 cm³/mol. The lowest BCUT2D eigenvalue weighted by molar-refractivity contribution is -0.140. The van der Waals surface area contributed by atoms with Gasteiger partial charge in [-0.3, -0.25) is 0 Å². The van der Waals surface area contributed by atoms with Gasteiger partial charge in [0.25, 0.3) is 0 Å². The van der Waals surface area contributed by atoms with Gasteiger partial charge in [-0.25, -0.2) is 4.79 Å². The molecule has 0 heterocycles. The van der Waals surface area contributed by atoms with Crippen LogP contribution in [0.1, 0.15) is 71.3 Å². The lowest BCUT2D eigenvalue weighted by atomic mass is 10.0. The van der Waals surface area contributed by atoms with Crippen LogP contribution in [0.4, 0.5) is 0 Å². The summed E-state index contributed by atoms with van der Waals surface area (Å²) >= 11 is 0. The van der Waals surface area contributed by atoms with Crippen LogP contribution >= 0.6 is 0 Å². The summed E-state index contributed by atoms with van der Waals surface area (Å²) in [6.07, 6.45) is 10.5. The van der Waals surface area contributed by atoms with Gasteiger partial charge in [-0.05, 0) is 37.5 Å². The third kappa shape index (κ3) is 10.3. The largest absolute Gasteiger partial charge is 0.493 e. The Balaban J connectivity index is 2.17. The minimum Gasteiger partial charge on any atom is -0.493 e. The van der Waals surface area contributed by atoms with Crippen molar-refractivity contribution in [3.05, 3.63) is 42.0 Å². The van der Waals surface area contributed by atoms with Crippen LogP contribution in [-0.2, 0) is 16.0 Å². The normalized spacial score (nSPS) is 11.8. The number of hydrogen-bond acceptors (Lipinski definition) is 3.